The van der Waals surface area contributed by atoms with Crippen molar-refractivity contribution in [3.8, 4) is 0 Å². The van der Waals surface area contributed by atoms with Gasteiger partial charge in [0.05, 0.1) is 0 Å². The normalized spacial score (nSPS) is 24.4. The van der Waals surface area contributed by atoms with E-state index in [-0.39, 0.29) is 5.91 Å². The Morgan fingerprint density at radius 2 is 2.04 bits per heavy atom. The van der Waals surface area contributed by atoms with E-state index in [1.807, 2.05) is 6.07 Å². The highest BCUT2D eigenvalue weighted by molar-refractivity contribution is 5.84. The minimum atomic E-state index is -0.986. The molecule has 2 aliphatic rings. The zero-order valence-electron chi connectivity index (χ0n) is 13.2. The molecule has 0 aromatic heterocycles. The number of carboxylic acid groups (broad SMARTS) is 1. The van der Waals surface area contributed by atoms with Gasteiger partial charge in [-0.2, -0.15) is 0 Å². The molecule has 23 heavy (non-hydrogen) atoms. The third-order valence-electron chi connectivity index (χ3n) is 4.48. The van der Waals surface area contributed by atoms with Crippen LogP contribution < -0.4 is 0 Å². The average Bonchev–Trinajstić information content (AvgIpc) is 3.04. The lowest BCUT2D eigenvalue weighted by Gasteiger charge is -2.28. The first-order valence-electron chi connectivity index (χ1n) is 7.98. The molecule has 122 valence electrons. The molecule has 0 radical (unpaired) electrons. The Morgan fingerprint density at radius 1 is 1.26 bits per heavy atom. The second-order valence-corrected chi connectivity index (χ2v) is 6.16. The average molecular weight is 315 g/mol. The molecule has 0 spiro atoms. The Labute approximate surface area is 135 Å². The molecule has 5 heteroatoms. The molecule has 2 atom stereocenters. The summed E-state index contributed by atoms with van der Waals surface area (Å²) in [4.78, 5) is 25.1. The quantitative estimate of drug-likeness (QED) is 0.929. The summed E-state index contributed by atoms with van der Waals surface area (Å²) in [7, 11) is 0. The number of carbonyl (C=O) groups excluding carboxylic acids is 1. The molecule has 1 amide bonds. The highest BCUT2D eigenvalue weighted by atomic mass is 16.5. The van der Waals surface area contributed by atoms with Crippen LogP contribution in [0.1, 0.15) is 30.4 Å². The number of benzene rings is 1. The maximum atomic E-state index is 12.4. The Bertz CT molecular complexity index is 652. The zero-order valence-corrected chi connectivity index (χ0v) is 13.2. The van der Waals surface area contributed by atoms with Crippen molar-refractivity contribution in [1.29, 1.82) is 0 Å². The summed E-state index contributed by atoms with van der Waals surface area (Å²) in [6.45, 7) is 3.27. The Balaban J connectivity index is 1.62. The standard InChI is InChI=1S/C18H21NO4/c1-12-3-2-4-14(11-12)13-7-9-19(10-8-13)17(20)15-5-6-16(23-15)18(21)22/h2-4,7,11,15-16H,5-6,8-10H2,1H3,(H,21,22)/t15-,16+/m0/s1. The summed E-state index contributed by atoms with van der Waals surface area (Å²) < 4.78 is 5.35. The van der Waals surface area contributed by atoms with E-state index < -0.39 is 18.2 Å². The van der Waals surface area contributed by atoms with Crippen molar-refractivity contribution in [2.75, 3.05) is 13.1 Å². The number of amides is 1. The molecular formula is C18H21NO4. The fraction of sp³-hybridized carbons (Fsp3) is 0.444. The molecule has 0 aliphatic carbocycles. The number of aliphatic carboxylic acids is 1. The molecule has 1 fully saturated rings. The first-order chi connectivity index (χ1) is 11.0. The molecule has 1 N–H and O–H groups in total. The van der Waals surface area contributed by atoms with Crippen LogP contribution in [0, 0.1) is 6.92 Å². The lowest BCUT2D eigenvalue weighted by Crippen LogP contribution is -2.41. The van der Waals surface area contributed by atoms with Crippen molar-refractivity contribution in [1.82, 2.24) is 4.90 Å². The van der Waals surface area contributed by atoms with Gasteiger partial charge in [0, 0.05) is 13.1 Å². The van der Waals surface area contributed by atoms with Crippen molar-refractivity contribution < 1.29 is 19.4 Å². The molecule has 5 nitrogen and oxygen atoms in total. The van der Waals surface area contributed by atoms with E-state index in [0.29, 0.717) is 25.9 Å². The maximum absolute atomic E-state index is 12.4. The second kappa shape index (κ2) is 6.54. The van der Waals surface area contributed by atoms with Gasteiger partial charge in [0.1, 0.15) is 6.10 Å². The monoisotopic (exact) mass is 315 g/mol. The highest BCUT2D eigenvalue weighted by Crippen LogP contribution is 2.26. The number of nitrogens with zero attached hydrogens (tertiary/aromatic N) is 1. The third-order valence-corrected chi connectivity index (χ3v) is 4.48. The predicted octanol–water partition coefficient (Wildman–Crippen LogP) is 2.24. The first kappa shape index (κ1) is 15.7. The molecule has 0 bridgehead atoms. The van der Waals surface area contributed by atoms with Crippen LogP contribution >= 0.6 is 0 Å². The van der Waals surface area contributed by atoms with Gasteiger partial charge < -0.3 is 14.7 Å². The lowest BCUT2D eigenvalue weighted by atomic mass is 9.98. The highest BCUT2D eigenvalue weighted by Gasteiger charge is 2.37. The van der Waals surface area contributed by atoms with Crippen LogP contribution in [0.5, 0.6) is 0 Å². The van der Waals surface area contributed by atoms with Crippen molar-refractivity contribution in [3.05, 3.63) is 41.5 Å². The Morgan fingerprint density at radius 3 is 2.65 bits per heavy atom. The summed E-state index contributed by atoms with van der Waals surface area (Å²) in [6, 6.07) is 8.36. The van der Waals surface area contributed by atoms with E-state index >= 15 is 0 Å². The fourth-order valence-electron chi connectivity index (χ4n) is 3.18. The summed E-state index contributed by atoms with van der Waals surface area (Å²) in [5.41, 5.74) is 3.69. The first-order valence-corrected chi connectivity index (χ1v) is 7.98. The fourth-order valence-corrected chi connectivity index (χ4v) is 3.18. The van der Waals surface area contributed by atoms with E-state index in [4.69, 9.17) is 9.84 Å². The third kappa shape index (κ3) is 3.45. The van der Waals surface area contributed by atoms with Crippen molar-refractivity contribution in [3.63, 3.8) is 0 Å². The minimum absolute atomic E-state index is 0.0895. The van der Waals surface area contributed by atoms with Gasteiger partial charge in [-0.3, -0.25) is 4.79 Å². The summed E-state index contributed by atoms with van der Waals surface area (Å²) in [5.74, 6) is -1.08. The number of hydrogen-bond acceptors (Lipinski definition) is 3. The van der Waals surface area contributed by atoms with Gasteiger partial charge in [-0.15, -0.1) is 0 Å². The van der Waals surface area contributed by atoms with Crippen LogP contribution in [0.3, 0.4) is 0 Å². The van der Waals surface area contributed by atoms with Crippen LogP contribution in [0.2, 0.25) is 0 Å². The van der Waals surface area contributed by atoms with Gasteiger partial charge in [-0.25, -0.2) is 4.79 Å². The molecular weight excluding hydrogens is 294 g/mol. The van der Waals surface area contributed by atoms with E-state index in [1.165, 1.54) is 16.7 Å². The molecule has 0 unspecified atom stereocenters. The van der Waals surface area contributed by atoms with Crippen LogP contribution in [0.25, 0.3) is 5.57 Å². The minimum Gasteiger partial charge on any atom is -0.479 e. The summed E-state index contributed by atoms with van der Waals surface area (Å²) in [6.07, 6.45) is 2.34. The molecule has 0 saturated carbocycles. The Hall–Kier alpha value is -2.14. The van der Waals surface area contributed by atoms with Gasteiger partial charge in [0.25, 0.3) is 5.91 Å². The molecule has 3 rings (SSSR count). The topological polar surface area (TPSA) is 66.8 Å². The van der Waals surface area contributed by atoms with Crippen molar-refractivity contribution in [2.45, 2.75) is 38.4 Å². The van der Waals surface area contributed by atoms with Crippen LogP contribution in [0.4, 0.5) is 0 Å². The number of ether oxygens (including phenoxy) is 1. The van der Waals surface area contributed by atoms with E-state index in [1.54, 1.807) is 4.90 Å². The van der Waals surface area contributed by atoms with E-state index in [9.17, 15) is 9.59 Å². The molecule has 1 saturated heterocycles. The van der Waals surface area contributed by atoms with Crippen LogP contribution in [0.15, 0.2) is 30.3 Å². The van der Waals surface area contributed by atoms with E-state index in [0.717, 1.165) is 6.42 Å². The predicted molar refractivity (Wildman–Crippen MR) is 85.9 cm³/mol. The van der Waals surface area contributed by atoms with Crippen LogP contribution in [-0.2, 0) is 14.3 Å². The van der Waals surface area contributed by atoms with Crippen molar-refractivity contribution >= 4 is 17.4 Å². The molecule has 1 aromatic rings. The van der Waals surface area contributed by atoms with Gasteiger partial charge >= 0.3 is 5.97 Å². The zero-order chi connectivity index (χ0) is 16.4. The lowest BCUT2D eigenvalue weighted by molar-refractivity contribution is -0.154. The van der Waals surface area contributed by atoms with E-state index in [2.05, 4.69) is 31.2 Å². The van der Waals surface area contributed by atoms with Crippen LogP contribution in [-0.4, -0.2) is 47.2 Å². The van der Waals surface area contributed by atoms with Gasteiger partial charge in [-0.05, 0) is 37.3 Å². The van der Waals surface area contributed by atoms with Gasteiger partial charge in [-0.1, -0.05) is 35.9 Å². The van der Waals surface area contributed by atoms with Gasteiger partial charge in [0.2, 0.25) is 0 Å². The molecule has 1 aromatic carbocycles. The van der Waals surface area contributed by atoms with Crippen molar-refractivity contribution in [2.24, 2.45) is 0 Å². The smallest absolute Gasteiger partial charge is 0.332 e. The number of carboxylic acids is 1. The molecule has 2 aliphatic heterocycles. The number of aryl methyl sites for hydroxylation is 1. The summed E-state index contributed by atoms with van der Waals surface area (Å²) in [5, 5.41) is 8.95. The Kier molecular flexibility index (Phi) is 4.48. The second-order valence-electron chi connectivity index (χ2n) is 6.16. The number of rotatable bonds is 3. The maximum Gasteiger partial charge on any atom is 0.332 e. The summed E-state index contributed by atoms with van der Waals surface area (Å²) >= 11 is 0. The SMILES string of the molecule is Cc1cccc(C2=CCN(C(=O)[C@@H]3CC[C@H](C(=O)O)O3)CC2)c1. The molecule has 2 heterocycles. The number of carbonyl (C=O) groups is 2. The largest absolute Gasteiger partial charge is 0.479 e. The number of hydrogen-bond donors (Lipinski definition) is 1. The van der Waals surface area contributed by atoms with Gasteiger partial charge in [0.15, 0.2) is 6.10 Å².